The summed E-state index contributed by atoms with van der Waals surface area (Å²) in [6.45, 7) is 5.90. The van der Waals surface area contributed by atoms with E-state index in [1.165, 1.54) is 4.90 Å². The summed E-state index contributed by atoms with van der Waals surface area (Å²) < 4.78 is 0. The molecule has 0 aromatic heterocycles. The third-order valence-corrected chi connectivity index (χ3v) is 9.01. The fourth-order valence-corrected chi connectivity index (χ4v) is 6.96. The number of benzene rings is 1. The zero-order chi connectivity index (χ0) is 27.3. The number of nitriles is 1. The maximum atomic E-state index is 13.9. The minimum absolute atomic E-state index is 0.0416. The van der Waals surface area contributed by atoms with Gasteiger partial charge < -0.3 is 20.9 Å². The number of carbonyl (C=O) groups is 4. The normalized spacial score (nSPS) is 30.4. The quantitative estimate of drug-likeness (QED) is 0.527. The molecule has 202 valence electrons. The molecule has 3 aliphatic carbocycles. The molecule has 6 rings (SSSR count). The Morgan fingerprint density at radius 3 is 2.42 bits per heavy atom. The van der Waals surface area contributed by atoms with E-state index in [1.54, 1.807) is 0 Å². The van der Waals surface area contributed by atoms with E-state index < -0.39 is 35.2 Å². The maximum absolute atomic E-state index is 13.9. The molecule has 2 aliphatic heterocycles. The van der Waals surface area contributed by atoms with Crippen LogP contribution in [-0.4, -0.2) is 52.7 Å². The number of nitrogens with one attached hydrogen (secondary N) is 3. The van der Waals surface area contributed by atoms with Crippen LogP contribution >= 0.6 is 0 Å². The Labute approximate surface area is 223 Å². The van der Waals surface area contributed by atoms with Gasteiger partial charge in [-0.15, -0.1) is 0 Å². The summed E-state index contributed by atoms with van der Waals surface area (Å²) in [7, 11) is 0. The van der Waals surface area contributed by atoms with E-state index in [0.29, 0.717) is 5.69 Å². The average molecular weight is 520 g/mol. The number of anilines is 1. The van der Waals surface area contributed by atoms with Crippen molar-refractivity contribution >= 4 is 29.3 Å². The summed E-state index contributed by atoms with van der Waals surface area (Å²) in [4.78, 5) is 54.5. The molecule has 9 nitrogen and oxygen atoms in total. The van der Waals surface area contributed by atoms with Crippen molar-refractivity contribution in [1.29, 1.82) is 5.26 Å². The Hall–Kier alpha value is -3.41. The Balaban J connectivity index is 1.35. The van der Waals surface area contributed by atoms with Crippen molar-refractivity contribution in [2.75, 3.05) is 11.9 Å². The molecule has 4 amide bonds. The predicted octanol–water partition coefficient (Wildman–Crippen LogP) is 2.76. The summed E-state index contributed by atoms with van der Waals surface area (Å²) in [6.07, 6.45) is 6.29. The van der Waals surface area contributed by atoms with E-state index in [4.69, 9.17) is 0 Å². The molecule has 0 radical (unpaired) electrons. The minimum Gasteiger partial charge on any atom is -0.342 e. The largest absolute Gasteiger partial charge is 0.342 e. The third-order valence-electron chi connectivity index (χ3n) is 9.01. The van der Waals surface area contributed by atoms with E-state index in [-0.39, 0.29) is 36.2 Å². The van der Waals surface area contributed by atoms with Crippen LogP contribution in [0.1, 0.15) is 77.7 Å². The highest BCUT2D eigenvalue weighted by atomic mass is 16.2. The molecule has 3 atom stereocenters. The lowest BCUT2D eigenvalue weighted by atomic mass is 9.66. The highest BCUT2D eigenvalue weighted by Gasteiger charge is 2.56. The lowest BCUT2D eigenvalue weighted by Crippen LogP contribution is -2.59. The number of hydrogen-bond donors (Lipinski definition) is 3. The van der Waals surface area contributed by atoms with Crippen LogP contribution in [-0.2, 0) is 24.6 Å². The van der Waals surface area contributed by atoms with Crippen molar-refractivity contribution < 1.29 is 19.2 Å². The van der Waals surface area contributed by atoms with Crippen molar-refractivity contribution in [3.63, 3.8) is 0 Å². The van der Waals surface area contributed by atoms with E-state index in [9.17, 15) is 24.4 Å². The smallest absolute Gasteiger partial charge is 0.309 e. The number of hydrogen-bond acceptors (Lipinski definition) is 5. The molecular weight excluding hydrogens is 482 g/mol. The molecule has 2 heterocycles. The number of carbonyl (C=O) groups excluding carboxylic acids is 4. The Bertz CT molecular complexity index is 1190. The van der Waals surface area contributed by atoms with Gasteiger partial charge >= 0.3 is 11.8 Å². The molecule has 1 spiro atoms. The molecule has 38 heavy (non-hydrogen) atoms. The molecule has 2 bridgehead atoms. The van der Waals surface area contributed by atoms with Crippen molar-refractivity contribution in [2.24, 2.45) is 11.3 Å². The fraction of sp³-hybridized carbons (Fsp3) is 0.621. The molecule has 3 saturated carbocycles. The first-order chi connectivity index (χ1) is 18.0. The van der Waals surface area contributed by atoms with Gasteiger partial charge in [0.1, 0.15) is 12.1 Å². The van der Waals surface area contributed by atoms with E-state index in [0.717, 1.165) is 50.0 Å². The third kappa shape index (κ3) is 4.65. The van der Waals surface area contributed by atoms with Crippen molar-refractivity contribution in [3.8, 4) is 6.07 Å². The highest BCUT2D eigenvalue weighted by Crippen LogP contribution is 2.47. The van der Waals surface area contributed by atoms with Crippen LogP contribution in [0.5, 0.6) is 0 Å². The number of rotatable bonds is 4. The second-order valence-corrected chi connectivity index (χ2v) is 12.9. The highest BCUT2D eigenvalue weighted by molar-refractivity contribution is 6.35. The van der Waals surface area contributed by atoms with Crippen LogP contribution in [0.15, 0.2) is 24.3 Å². The molecule has 0 unspecified atom stereocenters. The van der Waals surface area contributed by atoms with Gasteiger partial charge in [-0.05, 0) is 67.9 Å². The first-order valence-corrected chi connectivity index (χ1v) is 13.7. The van der Waals surface area contributed by atoms with E-state index >= 15 is 0 Å². The molecule has 1 aromatic carbocycles. The van der Waals surface area contributed by atoms with Gasteiger partial charge in [0.05, 0.1) is 11.5 Å². The van der Waals surface area contributed by atoms with Gasteiger partial charge in [-0.25, -0.2) is 0 Å². The zero-order valence-electron chi connectivity index (χ0n) is 22.4. The van der Waals surface area contributed by atoms with Crippen LogP contribution in [0.3, 0.4) is 0 Å². The van der Waals surface area contributed by atoms with Gasteiger partial charge in [-0.3, -0.25) is 19.2 Å². The summed E-state index contributed by atoms with van der Waals surface area (Å²) in [6, 6.07) is 7.70. The topological polar surface area (TPSA) is 131 Å². The van der Waals surface area contributed by atoms with Crippen molar-refractivity contribution in [2.45, 2.75) is 95.2 Å². The van der Waals surface area contributed by atoms with Crippen LogP contribution in [0, 0.1) is 22.7 Å². The number of likely N-dealkylation sites (tertiary alicyclic amines) is 1. The second kappa shape index (κ2) is 9.40. The number of para-hydroxylation sites is 1. The minimum atomic E-state index is -1.01. The van der Waals surface area contributed by atoms with Gasteiger partial charge in [0.15, 0.2) is 0 Å². The summed E-state index contributed by atoms with van der Waals surface area (Å²) >= 11 is 0. The summed E-state index contributed by atoms with van der Waals surface area (Å²) in [5.74, 6) is -1.50. The summed E-state index contributed by atoms with van der Waals surface area (Å²) in [5.41, 5.74) is -0.224. The standard InChI is InChI=1S/C29H37N5O4/c1-27(2,3)15-22(31-23(35)24(36)33-28-11-8-18(9-12-28)10-13-28)25(37)34-17-29(14-19(34)16-30)20-6-4-5-7-21(20)32-26(29)38/h4-7,18-19,22H,8-15,17H2,1-3H3,(H,31,35)(H,32,38)(H,33,36)/t18?,19-,22-,28?,29-/m0/s1. The SMILES string of the molecule is CC(C)(C)C[C@H](NC(=O)C(=O)NC12CCC(CC1)CC2)C(=O)N1C[C@]2(C[C@H]1C#N)C(=O)Nc1ccccc12. The van der Waals surface area contributed by atoms with Crippen LogP contribution in [0.4, 0.5) is 5.69 Å². The second-order valence-electron chi connectivity index (χ2n) is 12.9. The average Bonchev–Trinajstić information content (AvgIpc) is 3.41. The molecule has 4 fully saturated rings. The van der Waals surface area contributed by atoms with Gasteiger partial charge in [-0.2, -0.15) is 5.26 Å². The monoisotopic (exact) mass is 519 g/mol. The zero-order valence-corrected chi connectivity index (χ0v) is 22.4. The lowest BCUT2D eigenvalue weighted by Gasteiger charge is -2.46. The van der Waals surface area contributed by atoms with Gasteiger partial charge in [0.2, 0.25) is 11.8 Å². The lowest BCUT2D eigenvalue weighted by molar-refractivity contribution is -0.144. The van der Waals surface area contributed by atoms with Gasteiger partial charge in [-0.1, -0.05) is 39.0 Å². The Morgan fingerprint density at radius 2 is 1.79 bits per heavy atom. The van der Waals surface area contributed by atoms with E-state index in [2.05, 4.69) is 22.0 Å². The van der Waals surface area contributed by atoms with Gasteiger partial charge in [0, 0.05) is 24.2 Å². The van der Waals surface area contributed by atoms with Gasteiger partial charge in [0.25, 0.3) is 0 Å². The Morgan fingerprint density at radius 1 is 1.13 bits per heavy atom. The van der Waals surface area contributed by atoms with Crippen LogP contribution < -0.4 is 16.0 Å². The van der Waals surface area contributed by atoms with Crippen molar-refractivity contribution in [1.82, 2.24) is 15.5 Å². The fourth-order valence-electron chi connectivity index (χ4n) is 6.96. The Kier molecular flexibility index (Phi) is 6.49. The van der Waals surface area contributed by atoms with Crippen LogP contribution in [0.25, 0.3) is 0 Å². The number of amides is 4. The molecule has 5 aliphatic rings. The molecule has 9 heteroatoms. The predicted molar refractivity (Wildman–Crippen MR) is 141 cm³/mol. The first-order valence-electron chi connectivity index (χ1n) is 13.7. The van der Waals surface area contributed by atoms with Crippen molar-refractivity contribution in [3.05, 3.63) is 29.8 Å². The van der Waals surface area contributed by atoms with Crippen LogP contribution in [0.2, 0.25) is 0 Å². The number of nitrogens with zero attached hydrogens (tertiary/aromatic N) is 2. The van der Waals surface area contributed by atoms with E-state index in [1.807, 2.05) is 45.0 Å². The molecular formula is C29H37N5O4. The molecule has 1 aromatic rings. The number of fused-ring (bicyclic) bond motifs is 5. The molecule has 3 N–H and O–H groups in total. The first kappa shape index (κ1) is 26.2. The maximum Gasteiger partial charge on any atom is 0.309 e. The molecule has 1 saturated heterocycles. The summed E-state index contributed by atoms with van der Waals surface area (Å²) in [5, 5.41) is 18.5.